The Morgan fingerprint density at radius 2 is 1.85 bits per heavy atom. The van der Waals surface area contributed by atoms with Crippen molar-refractivity contribution in [1.82, 2.24) is 4.90 Å². The summed E-state index contributed by atoms with van der Waals surface area (Å²) < 4.78 is 6.83. The van der Waals surface area contributed by atoms with Gasteiger partial charge in [0.05, 0.1) is 11.3 Å². The summed E-state index contributed by atoms with van der Waals surface area (Å²) in [6, 6.07) is 0.389. The van der Waals surface area contributed by atoms with Crippen LogP contribution >= 0.6 is 11.6 Å². The second-order valence-corrected chi connectivity index (χ2v) is 16.9. The molecule has 33 heavy (non-hydrogen) atoms. The summed E-state index contributed by atoms with van der Waals surface area (Å²) in [5.41, 5.74) is 0. The molecule has 0 aromatic rings. The van der Waals surface area contributed by atoms with Gasteiger partial charge in [-0.2, -0.15) is 0 Å². The third-order valence-corrected chi connectivity index (χ3v) is 12.7. The van der Waals surface area contributed by atoms with Gasteiger partial charge >= 0.3 is 5.97 Å². The first kappa shape index (κ1) is 30.7. The zero-order valence-corrected chi connectivity index (χ0v) is 24.3. The van der Waals surface area contributed by atoms with E-state index in [1.165, 1.54) is 25.7 Å². The van der Waals surface area contributed by atoms with Crippen LogP contribution in [0.4, 0.5) is 0 Å². The number of unbranched alkanes of at least 4 members (excludes halogenated alkanes) is 2. The van der Waals surface area contributed by atoms with Crippen molar-refractivity contribution in [2.24, 2.45) is 5.92 Å². The minimum absolute atomic E-state index is 0.205. The minimum Gasteiger partial charge on any atom is -0.481 e. The molecule has 1 fully saturated rings. The summed E-state index contributed by atoms with van der Waals surface area (Å²) in [6.07, 6.45) is 15.5. The van der Waals surface area contributed by atoms with Crippen LogP contribution in [0.2, 0.25) is 18.1 Å². The molecule has 2 unspecified atom stereocenters. The average Bonchev–Trinajstić information content (AvgIpc) is 3.06. The lowest BCUT2D eigenvalue weighted by Crippen LogP contribution is -2.44. The summed E-state index contributed by atoms with van der Waals surface area (Å²) in [7, 11) is -1.76. The van der Waals surface area contributed by atoms with Gasteiger partial charge in [-0.3, -0.25) is 9.69 Å². The number of likely N-dealkylation sites (tertiary alicyclic amines) is 1. The zero-order chi connectivity index (χ0) is 25.1. The van der Waals surface area contributed by atoms with E-state index in [2.05, 4.69) is 57.8 Å². The van der Waals surface area contributed by atoms with Crippen LogP contribution in [0.3, 0.4) is 0 Å². The molecule has 1 heterocycles. The van der Waals surface area contributed by atoms with E-state index in [1.807, 2.05) is 0 Å². The molecule has 1 saturated heterocycles. The van der Waals surface area contributed by atoms with Gasteiger partial charge < -0.3 is 9.53 Å². The van der Waals surface area contributed by atoms with Gasteiger partial charge in [0, 0.05) is 12.1 Å². The van der Waals surface area contributed by atoms with Crippen LogP contribution in [0, 0.1) is 5.92 Å². The molecule has 1 N–H and O–H groups in total. The van der Waals surface area contributed by atoms with Crippen LogP contribution in [-0.4, -0.2) is 54.9 Å². The number of carbonyl (C=O) groups is 1. The van der Waals surface area contributed by atoms with Crippen molar-refractivity contribution in [3.63, 3.8) is 0 Å². The average molecular weight is 502 g/mol. The maximum absolute atomic E-state index is 11.0. The van der Waals surface area contributed by atoms with Gasteiger partial charge in [-0.05, 0) is 76.2 Å². The van der Waals surface area contributed by atoms with Crippen molar-refractivity contribution >= 4 is 25.9 Å². The number of allylic oxidation sites excluding steroid dienone is 1. The maximum Gasteiger partial charge on any atom is 0.306 e. The second kappa shape index (κ2) is 14.9. The van der Waals surface area contributed by atoms with Gasteiger partial charge in [-0.15, -0.1) is 11.6 Å². The van der Waals surface area contributed by atoms with Crippen molar-refractivity contribution in [3.05, 3.63) is 12.2 Å². The lowest BCUT2D eigenvalue weighted by atomic mass is 10.0. The molecule has 0 saturated carbocycles. The SMILES string of the molecule is CCCCCC(CCCN1CC[C@@H](Cl)[C@H]1CC=CCCC(C)C(=O)O)O[Si](C)(C)C(C)(C)C. The van der Waals surface area contributed by atoms with Gasteiger partial charge in [0.15, 0.2) is 8.32 Å². The van der Waals surface area contributed by atoms with Gasteiger partial charge in [0.25, 0.3) is 0 Å². The highest BCUT2D eigenvalue weighted by atomic mass is 35.5. The van der Waals surface area contributed by atoms with Gasteiger partial charge in [-0.1, -0.05) is 66.0 Å². The second-order valence-electron chi connectivity index (χ2n) is 11.6. The lowest BCUT2D eigenvalue weighted by molar-refractivity contribution is -0.141. The Hall–Kier alpha value is -0.363. The Labute approximate surface area is 210 Å². The highest BCUT2D eigenvalue weighted by molar-refractivity contribution is 6.74. The molecule has 4 atom stereocenters. The van der Waals surface area contributed by atoms with Crippen molar-refractivity contribution in [3.8, 4) is 0 Å². The van der Waals surface area contributed by atoms with Crippen LogP contribution in [0.1, 0.15) is 98.8 Å². The number of rotatable bonds is 16. The van der Waals surface area contributed by atoms with Gasteiger partial charge in [-0.25, -0.2) is 0 Å². The summed E-state index contributed by atoms with van der Waals surface area (Å²) in [5.74, 6) is -0.992. The highest BCUT2D eigenvalue weighted by Gasteiger charge is 2.39. The molecule has 0 aromatic heterocycles. The van der Waals surface area contributed by atoms with E-state index in [9.17, 15) is 4.79 Å². The predicted octanol–water partition coefficient (Wildman–Crippen LogP) is 7.87. The van der Waals surface area contributed by atoms with Crippen molar-refractivity contribution < 1.29 is 14.3 Å². The smallest absolute Gasteiger partial charge is 0.306 e. The predicted molar refractivity (Wildman–Crippen MR) is 145 cm³/mol. The van der Waals surface area contributed by atoms with Crippen LogP contribution in [0.15, 0.2) is 12.2 Å². The molecule has 0 aromatic carbocycles. The molecule has 1 rings (SSSR count). The Balaban J connectivity index is 2.55. The fourth-order valence-corrected chi connectivity index (χ4v) is 6.06. The van der Waals surface area contributed by atoms with E-state index in [0.717, 1.165) is 45.2 Å². The molecule has 0 spiro atoms. The normalized spacial score (nSPS) is 22.2. The van der Waals surface area contributed by atoms with Crippen molar-refractivity contribution in [2.45, 2.75) is 134 Å². The molecule has 4 nitrogen and oxygen atoms in total. The first-order valence-electron chi connectivity index (χ1n) is 13.3. The first-order chi connectivity index (χ1) is 15.4. The van der Waals surface area contributed by atoms with Crippen LogP contribution in [-0.2, 0) is 9.22 Å². The molecule has 0 aliphatic carbocycles. The summed E-state index contributed by atoms with van der Waals surface area (Å²) in [6.45, 7) is 17.9. The van der Waals surface area contributed by atoms with Gasteiger partial charge in [0.1, 0.15) is 0 Å². The summed E-state index contributed by atoms with van der Waals surface area (Å²) in [5, 5.41) is 9.46. The van der Waals surface area contributed by atoms with E-state index in [-0.39, 0.29) is 16.3 Å². The molecule has 0 radical (unpaired) electrons. The number of aliphatic carboxylic acids is 1. The Morgan fingerprint density at radius 3 is 2.45 bits per heavy atom. The van der Waals surface area contributed by atoms with E-state index < -0.39 is 14.3 Å². The number of carboxylic acids is 1. The zero-order valence-electron chi connectivity index (χ0n) is 22.5. The number of hydrogen-bond donors (Lipinski definition) is 1. The first-order valence-corrected chi connectivity index (χ1v) is 16.7. The van der Waals surface area contributed by atoms with Crippen LogP contribution < -0.4 is 0 Å². The largest absolute Gasteiger partial charge is 0.481 e. The third kappa shape index (κ3) is 11.3. The topological polar surface area (TPSA) is 49.8 Å². The lowest BCUT2D eigenvalue weighted by Gasteiger charge is -2.39. The van der Waals surface area contributed by atoms with E-state index in [4.69, 9.17) is 21.1 Å². The Bertz CT molecular complexity index is 590. The number of alkyl halides is 1. The molecular weight excluding hydrogens is 450 g/mol. The monoisotopic (exact) mass is 501 g/mol. The molecular formula is C27H52ClNO3Si. The van der Waals surface area contributed by atoms with Gasteiger partial charge in [0.2, 0.25) is 0 Å². The molecule has 1 aliphatic rings. The quantitative estimate of drug-likeness (QED) is 0.101. The number of halogens is 1. The van der Waals surface area contributed by atoms with Crippen molar-refractivity contribution in [2.75, 3.05) is 13.1 Å². The summed E-state index contributed by atoms with van der Waals surface area (Å²) >= 11 is 6.67. The molecule has 0 amide bonds. The van der Waals surface area contributed by atoms with Crippen molar-refractivity contribution in [1.29, 1.82) is 0 Å². The third-order valence-electron chi connectivity index (χ3n) is 7.68. The molecule has 1 aliphatic heterocycles. The van der Waals surface area contributed by atoms with E-state index >= 15 is 0 Å². The highest BCUT2D eigenvalue weighted by Crippen LogP contribution is 2.38. The van der Waals surface area contributed by atoms with E-state index in [1.54, 1.807) is 6.92 Å². The van der Waals surface area contributed by atoms with E-state index in [0.29, 0.717) is 18.6 Å². The number of nitrogens with zero attached hydrogens (tertiary/aromatic N) is 1. The Kier molecular flexibility index (Phi) is 13.9. The number of carboxylic acid groups (broad SMARTS) is 1. The molecule has 194 valence electrons. The number of hydrogen-bond acceptors (Lipinski definition) is 3. The minimum atomic E-state index is -1.76. The molecule has 6 heteroatoms. The summed E-state index contributed by atoms with van der Waals surface area (Å²) in [4.78, 5) is 13.5. The van der Waals surface area contributed by atoms with Crippen LogP contribution in [0.5, 0.6) is 0 Å². The van der Waals surface area contributed by atoms with Crippen LogP contribution in [0.25, 0.3) is 0 Å². The fraction of sp³-hybridized carbons (Fsp3) is 0.889. The molecule has 0 bridgehead atoms. The Morgan fingerprint density at radius 1 is 1.18 bits per heavy atom. The fourth-order valence-electron chi connectivity index (χ4n) is 4.27. The maximum atomic E-state index is 11.0. The standard InChI is InChI=1S/C27H52ClNO3Si/c1-8-9-11-16-23(32-33(6,7)27(3,4)5)17-14-20-29-21-19-24(28)25(29)18-13-10-12-15-22(2)26(30)31/h10,13,22-25H,8-9,11-12,14-21H2,1-7H3,(H,30,31)/t22?,23?,24-,25-/m1/s1.